The Balaban J connectivity index is 3.44. The molecule has 1 atom stereocenters. The highest BCUT2D eigenvalue weighted by atomic mass is 16.5. The molecular weight excluding hydrogens is 424 g/mol. The van der Waals surface area contributed by atoms with Gasteiger partial charge in [-0.1, -0.05) is 118 Å². The van der Waals surface area contributed by atoms with Gasteiger partial charge in [-0.2, -0.15) is 0 Å². The zero-order chi connectivity index (χ0) is 25.3. The quantitative estimate of drug-likeness (QED) is 0.0961. The standard InChI is InChI=1S/C30H58O4/c1-5-7-24-33-29(31)23-21-19-17-15-13-11-9-10-12-14-16-18-20-22-28(27(3)4)26-30(32)34-25-8-6-2/h27-28H,5-26H2,1-4H3. The van der Waals surface area contributed by atoms with E-state index < -0.39 is 0 Å². The predicted octanol–water partition coefficient (Wildman–Crippen LogP) is 9.19. The van der Waals surface area contributed by atoms with Gasteiger partial charge in [-0.05, 0) is 37.5 Å². The lowest BCUT2D eigenvalue weighted by atomic mass is 9.87. The van der Waals surface area contributed by atoms with Crippen LogP contribution in [0.3, 0.4) is 0 Å². The highest BCUT2D eigenvalue weighted by Crippen LogP contribution is 2.23. The van der Waals surface area contributed by atoms with Gasteiger partial charge < -0.3 is 9.47 Å². The number of hydrogen-bond acceptors (Lipinski definition) is 4. The molecule has 0 aliphatic heterocycles. The van der Waals surface area contributed by atoms with Crippen LogP contribution in [0.15, 0.2) is 0 Å². The van der Waals surface area contributed by atoms with E-state index in [2.05, 4.69) is 27.7 Å². The summed E-state index contributed by atoms with van der Waals surface area (Å²) in [6, 6.07) is 0. The smallest absolute Gasteiger partial charge is 0.306 e. The van der Waals surface area contributed by atoms with Crippen LogP contribution in [0.25, 0.3) is 0 Å². The normalized spacial score (nSPS) is 12.1. The molecule has 0 aromatic rings. The Morgan fingerprint density at radius 1 is 0.559 bits per heavy atom. The van der Waals surface area contributed by atoms with Gasteiger partial charge >= 0.3 is 11.9 Å². The second-order valence-electron chi connectivity index (χ2n) is 10.5. The fourth-order valence-electron chi connectivity index (χ4n) is 4.30. The van der Waals surface area contributed by atoms with Crippen molar-refractivity contribution in [2.24, 2.45) is 11.8 Å². The summed E-state index contributed by atoms with van der Waals surface area (Å²) in [6.07, 6.45) is 23.1. The maximum atomic E-state index is 12.0. The van der Waals surface area contributed by atoms with Crippen LogP contribution in [0.4, 0.5) is 0 Å². The van der Waals surface area contributed by atoms with E-state index in [1.807, 2.05) is 0 Å². The lowest BCUT2D eigenvalue weighted by molar-refractivity contribution is -0.145. The van der Waals surface area contributed by atoms with Crippen molar-refractivity contribution < 1.29 is 19.1 Å². The summed E-state index contributed by atoms with van der Waals surface area (Å²) in [5, 5.41) is 0. The molecule has 0 aliphatic carbocycles. The molecule has 0 spiro atoms. The van der Waals surface area contributed by atoms with Crippen LogP contribution < -0.4 is 0 Å². The molecule has 4 heteroatoms. The highest BCUT2D eigenvalue weighted by Gasteiger charge is 2.18. The first kappa shape index (κ1) is 32.9. The van der Waals surface area contributed by atoms with Crippen molar-refractivity contribution in [1.29, 1.82) is 0 Å². The lowest BCUT2D eigenvalue weighted by Crippen LogP contribution is -2.16. The van der Waals surface area contributed by atoms with Crippen molar-refractivity contribution in [1.82, 2.24) is 0 Å². The van der Waals surface area contributed by atoms with Crippen LogP contribution >= 0.6 is 0 Å². The van der Waals surface area contributed by atoms with Crippen molar-refractivity contribution >= 4 is 11.9 Å². The molecule has 0 heterocycles. The molecule has 1 unspecified atom stereocenters. The second-order valence-corrected chi connectivity index (χ2v) is 10.5. The number of esters is 2. The van der Waals surface area contributed by atoms with Gasteiger partial charge in [0.15, 0.2) is 0 Å². The molecule has 0 aliphatic rings. The topological polar surface area (TPSA) is 52.6 Å². The van der Waals surface area contributed by atoms with Gasteiger partial charge in [-0.25, -0.2) is 0 Å². The van der Waals surface area contributed by atoms with Crippen molar-refractivity contribution in [2.75, 3.05) is 13.2 Å². The minimum atomic E-state index is -0.0179. The van der Waals surface area contributed by atoms with Crippen molar-refractivity contribution in [3.05, 3.63) is 0 Å². The first-order valence-corrected chi connectivity index (χ1v) is 14.8. The Morgan fingerprint density at radius 2 is 0.971 bits per heavy atom. The molecule has 0 rings (SSSR count). The third kappa shape index (κ3) is 22.7. The van der Waals surface area contributed by atoms with Crippen LogP contribution in [0.5, 0.6) is 0 Å². The van der Waals surface area contributed by atoms with Gasteiger partial charge in [0.2, 0.25) is 0 Å². The predicted molar refractivity (Wildman–Crippen MR) is 144 cm³/mol. The number of carbonyl (C=O) groups excluding carboxylic acids is 2. The number of rotatable bonds is 25. The Labute approximate surface area is 212 Å². The van der Waals surface area contributed by atoms with Crippen LogP contribution in [0, 0.1) is 11.8 Å². The average Bonchev–Trinajstić information content (AvgIpc) is 2.81. The molecule has 0 N–H and O–H groups in total. The van der Waals surface area contributed by atoms with Gasteiger partial charge in [-0.15, -0.1) is 0 Å². The summed E-state index contributed by atoms with van der Waals surface area (Å²) in [5.41, 5.74) is 0. The molecule has 0 saturated heterocycles. The van der Waals surface area contributed by atoms with E-state index in [-0.39, 0.29) is 11.9 Å². The minimum Gasteiger partial charge on any atom is -0.466 e. The molecule has 34 heavy (non-hydrogen) atoms. The average molecular weight is 483 g/mol. The molecular formula is C30H58O4. The molecule has 0 saturated carbocycles. The molecule has 0 radical (unpaired) electrons. The van der Waals surface area contributed by atoms with E-state index in [4.69, 9.17) is 9.47 Å². The third-order valence-electron chi connectivity index (χ3n) is 6.85. The van der Waals surface area contributed by atoms with Crippen molar-refractivity contribution in [3.8, 4) is 0 Å². The van der Waals surface area contributed by atoms with Crippen molar-refractivity contribution in [3.63, 3.8) is 0 Å². The summed E-state index contributed by atoms with van der Waals surface area (Å²) in [5.74, 6) is 0.991. The summed E-state index contributed by atoms with van der Waals surface area (Å²) in [7, 11) is 0. The van der Waals surface area contributed by atoms with Crippen LogP contribution in [-0.2, 0) is 19.1 Å². The Kier molecular flexibility index (Phi) is 24.3. The number of carbonyl (C=O) groups is 2. The SMILES string of the molecule is CCCCOC(=O)CCCCCCCCCCCCCCCC(CC(=O)OCCCC)C(C)C. The van der Waals surface area contributed by atoms with Gasteiger partial charge in [0.25, 0.3) is 0 Å². The molecule has 0 aromatic carbocycles. The van der Waals surface area contributed by atoms with Gasteiger partial charge in [0, 0.05) is 12.8 Å². The van der Waals surface area contributed by atoms with E-state index in [1.165, 1.54) is 70.6 Å². The Hall–Kier alpha value is -1.06. The van der Waals surface area contributed by atoms with Gasteiger partial charge in [-0.3, -0.25) is 9.59 Å². The van der Waals surface area contributed by atoms with Crippen LogP contribution in [-0.4, -0.2) is 25.2 Å². The molecule has 0 fully saturated rings. The first-order chi connectivity index (χ1) is 16.5. The van der Waals surface area contributed by atoms with Crippen LogP contribution in [0.2, 0.25) is 0 Å². The molecule has 0 aromatic heterocycles. The number of hydrogen-bond donors (Lipinski definition) is 0. The zero-order valence-electron chi connectivity index (χ0n) is 23.3. The fraction of sp³-hybridized carbons (Fsp3) is 0.933. The molecule has 0 amide bonds. The second kappa shape index (κ2) is 25.0. The Morgan fingerprint density at radius 3 is 1.41 bits per heavy atom. The van der Waals surface area contributed by atoms with Gasteiger partial charge in [0.05, 0.1) is 13.2 Å². The highest BCUT2D eigenvalue weighted by molar-refractivity contribution is 5.69. The maximum Gasteiger partial charge on any atom is 0.306 e. The summed E-state index contributed by atoms with van der Waals surface area (Å²) in [6.45, 7) is 9.86. The lowest BCUT2D eigenvalue weighted by Gasteiger charge is -2.20. The van der Waals surface area contributed by atoms with Crippen molar-refractivity contribution in [2.45, 2.75) is 156 Å². The summed E-state index contributed by atoms with van der Waals surface area (Å²) in [4.78, 5) is 23.5. The van der Waals surface area contributed by atoms with Crippen LogP contribution in [0.1, 0.15) is 156 Å². The van der Waals surface area contributed by atoms with E-state index in [9.17, 15) is 9.59 Å². The fourth-order valence-corrected chi connectivity index (χ4v) is 4.30. The van der Waals surface area contributed by atoms with Gasteiger partial charge in [0.1, 0.15) is 0 Å². The molecule has 4 nitrogen and oxygen atoms in total. The minimum absolute atomic E-state index is 0.00495. The first-order valence-electron chi connectivity index (χ1n) is 14.8. The Bertz CT molecular complexity index is 461. The zero-order valence-corrected chi connectivity index (χ0v) is 23.3. The van der Waals surface area contributed by atoms with E-state index >= 15 is 0 Å². The van der Waals surface area contributed by atoms with E-state index in [0.717, 1.165) is 44.9 Å². The molecule has 202 valence electrons. The monoisotopic (exact) mass is 482 g/mol. The van der Waals surface area contributed by atoms with E-state index in [1.54, 1.807) is 0 Å². The maximum absolute atomic E-state index is 12.0. The van der Waals surface area contributed by atoms with E-state index in [0.29, 0.717) is 37.9 Å². The molecule has 0 bridgehead atoms. The summed E-state index contributed by atoms with van der Waals surface area (Å²) < 4.78 is 10.5. The summed E-state index contributed by atoms with van der Waals surface area (Å²) >= 11 is 0. The number of unbranched alkanes of at least 4 members (excludes halogenated alkanes) is 14. The third-order valence-corrected chi connectivity index (χ3v) is 6.85. The largest absolute Gasteiger partial charge is 0.466 e. The number of ether oxygens (including phenoxy) is 2.